The normalized spacial score (nSPS) is 10.9. The first kappa shape index (κ1) is 20.5. The molecule has 4 rings (SSSR count). The molecule has 31 heavy (non-hydrogen) atoms. The second kappa shape index (κ2) is 9.84. The van der Waals surface area contributed by atoms with Gasteiger partial charge in [-0.15, -0.1) is 0 Å². The van der Waals surface area contributed by atoms with Gasteiger partial charge in [0.25, 0.3) is 5.91 Å². The van der Waals surface area contributed by atoms with Crippen molar-refractivity contribution in [2.75, 3.05) is 20.3 Å². The van der Waals surface area contributed by atoms with Crippen molar-refractivity contribution in [2.45, 2.75) is 19.4 Å². The van der Waals surface area contributed by atoms with Crippen molar-refractivity contribution in [3.05, 3.63) is 78.5 Å². The van der Waals surface area contributed by atoms with Crippen molar-refractivity contribution in [3.63, 3.8) is 0 Å². The number of imidazole rings is 1. The molecule has 0 atom stereocenters. The molecule has 0 aliphatic rings. The monoisotopic (exact) mass is 419 g/mol. The number of fused-ring (bicyclic) bond motifs is 1. The molecule has 7 nitrogen and oxygen atoms in total. The van der Waals surface area contributed by atoms with Crippen LogP contribution in [0, 0.1) is 0 Å². The average molecular weight is 419 g/mol. The summed E-state index contributed by atoms with van der Waals surface area (Å²) in [7, 11) is 1.64. The van der Waals surface area contributed by atoms with Crippen molar-refractivity contribution in [2.24, 2.45) is 0 Å². The van der Waals surface area contributed by atoms with Crippen LogP contribution in [0.1, 0.15) is 22.8 Å². The minimum absolute atomic E-state index is 0.224. The molecule has 0 aliphatic heterocycles. The fraction of sp³-hybridized carbons (Fsp3) is 0.250. The molecule has 0 bridgehead atoms. The molecule has 160 valence electrons. The summed E-state index contributed by atoms with van der Waals surface area (Å²) in [6, 6.07) is 19.0. The Morgan fingerprint density at radius 3 is 2.68 bits per heavy atom. The maximum absolute atomic E-state index is 12.1. The lowest BCUT2D eigenvalue weighted by Gasteiger charge is -2.12. The van der Waals surface area contributed by atoms with Crippen molar-refractivity contribution in [3.8, 4) is 11.5 Å². The summed E-state index contributed by atoms with van der Waals surface area (Å²) in [6.45, 7) is 1.79. The Morgan fingerprint density at radius 1 is 1.06 bits per heavy atom. The van der Waals surface area contributed by atoms with Crippen molar-refractivity contribution >= 4 is 16.9 Å². The summed E-state index contributed by atoms with van der Waals surface area (Å²) >= 11 is 0. The Hall–Kier alpha value is -3.74. The fourth-order valence-corrected chi connectivity index (χ4v) is 3.49. The van der Waals surface area contributed by atoms with E-state index >= 15 is 0 Å². The zero-order chi connectivity index (χ0) is 21.5. The molecular formula is C24H25N3O4. The molecule has 2 aromatic heterocycles. The van der Waals surface area contributed by atoms with Gasteiger partial charge in [-0.25, -0.2) is 4.98 Å². The lowest BCUT2D eigenvalue weighted by molar-refractivity contribution is 0.0926. The number of aryl methyl sites for hydroxylation is 1. The highest BCUT2D eigenvalue weighted by atomic mass is 16.5. The third-order valence-electron chi connectivity index (χ3n) is 4.97. The van der Waals surface area contributed by atoms with E-state index in [1.54, 1.807) is 19.2 Å². The second-order valence-corrected chi connectivity index (χ2v) is 7.00. The van der Waals surface area contributed by atoms with E-state index in [2.05, 4.69) is 16.0 Å². The first-order valence-corrected chi connectivity index (χ1v) is 10.3. The standard InChI is InChI=1S/C24H25N3O4/c1-29-20-10-4-5-11-21(20)30-17-7-15-27-19-9-3-2-8-18(19)26-23(27)13-14-25-24(28)22-12-6-16-31-22/h2-6,8-12,16H,7,13-15,17H2,1H3,(H,25,28). The number of methoxy groups -OCH3 is 1. The first-order valence-electron chi connectivity index (χ1n) is 10.3. The zero-order valence-electron chi connectivity index (χ0n) is 17.4. The van der Waals surface area contributed by atoms with Crippen LogP contribution in [0.15, 0.2) is 71.3 Å². The van der Waals surface area contributed by atoms with Gasteiger partial charge < -0.3 is 23.8 Å². The maximum Gasteiger partial charge on any atom is 0.286 e. The van der Waals surface area contributed by atoms with Crippen LogP contribution in [0.2, 0.25) is 0 Å². The van der Waals surface area contributed by atoms with Crippen molar-refractivity contribution in [1.82, 2.24) is 14.9 Å². The van der Waals surface area contributed by atoms with Crippen LogP contribution in [0.25, 0.3) is 11.0 Å². The molecule has 0 unspecified atom stereocenters. The highest BCUT2D eigenvalue weighted by Crippen LogP contribution is 2.26. The maximum atomic E-state index is 12.1. The number of carbonyl (C=O) groups is 1. The number of carbonyl (C=O) groups excluding carboxylic acids is 1. The van der Waals surface area contributed by atoms with Crippen LogP contribution in [-0.2, 0) is 13.0 Å². The van der Waals surface area contributed by atoms with E-state index in [0.29, 0.717) is 25.3 Å². The van der Waals surface area contributed by atoms with Crippen LogP contribution in [0.4, 0.5) is 0 Å². The molecule has 2 aromatic carbocycles. The molecule has 2 heterocycles. The van der Waals surface area contributed by atoms with Gasteiger partial charge >= 0.3 is 0 Å². The number of amides is 1. The van der Waals surface area contributed by atoms with Gasteiger partial charge in [-0.3, -0.25) is 4.79 Å². The number of para-hydroxylation sites is 4. The van der Waals surface area contributed by atoms with Crippen LogP contribution in [0.3, 0.4) is 0 Å². The Labute approximate surface area is 180 Å². The Bertz CT molecular complexity index is 1130. The molecule has 4 aromatic rings. The molecule has 0 aliphatic carbocycles. The molecule has 0 spiro atoms. The molecule has 0 radical (unpaired) electrons. The van der Waals surface area contributed by atoms with Gasteiger partial charge in [0.05, 0.1) is 31.0 Å². The molecule has 7 heteroatoms. The first-order chi connectivity index (χ1) is 15.3. The summed E-state index contributed by atoms with van der Waals surface area (Å²) in [6.07, 6.45) is 2.92. The molecular weight excluding hydrogens is 394 g/mol. The van der Waals surface area contributed by atoms with Crippen molar-refractivity contribution < 1.29 is 18.7 Å². The van der Waals surface area contributed by atoms with E-state index in [1.165, 1.54) is 6.26 Å². The quantitative estimate of drug-likeness (QED) is 0.392. The number of ether oxygens (including phenoxy) is 2. The Kier molecular flexibility index (Phi) is 6.52. The second-order valence-electron chi connectivity index (χ2n) is 7.00. The molecule has 0 fully saturated rings. The number of hydrogen-bond acceptors (Lipinski definition) is 5. The van der Waals surface area contributed by atoms with Gasteiger partial charge in [-0.1, -0.05) is 24.3 Å². The fourth-order valence-electron chi connectivity index (χ4n) is 3.49. The van der Waals surface area contributed by atoms with Gasteiger partial charge in [0.2, 0.25) is 0 Å². The minimum Gasteiger partial charge on any atom is -0.493 e. The highest BCUT2D eigenvalue weighted by molar-refractivity contribution is 5.91. The van der Waals surface area contributed by atoms with Gasteiger partial charge in [-0.2, -0.15) is 0 Å². The van der Waals surface area contributed by atoms with Gasteiger partial charge in [0, 0.05) is 19.5 Å². The minimum atomic E-state index is -0.224. The smallest absolute Gasteiger partial charge is 0.286 e. The number of benzene rings is 2. The lowest BCUT2D eigenvalue weighted by atomic mass is 10.3. The largest absolute Gasteiger partial charge is 0.493 e. The highest BCUT2D eigenvalue weighted by Gasteiger charge is 2.12. The average Bonchev–Trinajstić information content (AvgIpc) is 3.45. The van der Waals surface area contributed by atoms with Crippen LogP contribution in [0.5, 0.6) is 11.5 Å². The van der Waals surface area contributed by atoms with Gasteiger partial charge in [-0.05, 0) is 42.8 Å². The van der Waals surface area contributed by atoms with E-state index in [-0.39, 0.29) is 5.91 Å². The Balaban J connectivity index is 1.38. The third kappa shape index (κ3) is 4.88. The summed E-state index contributed by atoms with van der Waals surface area (Å²) in [5.41, 5.74) is 2.02. The molecule has 1 amide bonds. The number of furan rings is 1. The third-order valence-corrected chi connectivity index (χ3v) is 4.97. The predicted molar refractivity (Wildman–Crippen MR) is 118 cm³/mol. The predicted octanol–water partition coefficient (Wildman–Crippen LogP) is 4.08. The van der Waals surface area contributed by atoms with Crippen LogP contribution in [-0.4, -0.2) is 35.7 Å². The van der Waals surface area contributed by atoms with Gasteiger partial charge in [0.15, 0.2) is 17.3 Å². The number of nitrogens with zero attached hydrogens (tertiary/aromatic N) is 2. The number of rotatable bonds is 10. The summed E-state index contributed by atoms with van der Waals surface area (Å²) in [4.78, 5) is 16.9. The SMILES string of the molecule is COc1ccccc1OCCCn1c(CCNC(=O)c2ccco2)nc2ccccc21. The number of hydrogen-bond donors (Lipinski definition) is 1. The van der Waals surface area contributed by atoms with E-state index in [4.69, 9.17) is 18.9 Å². The summed E-state index contributed by atoms with van der Waals surface area (Å²) < 4.78 is 18.6. The Morgan fingerprint density at radius 2 is 1.87 bits per heavy atom. The van der Waals surface area contributed by atoms with E-state index in [1.807, 2.05) is 42.5 Å². The number of aromatic nitrogens is 2. The van der Waals surface area contributed by atoms with E-state index in [9.17, 15) is 4.79 Å². The zero-order valence-corrected chi connectivity index (χ0v) is 17.4. The van der Waals surface area contributed by atoms with E-state index < -0.39 is 0 Å². The molecule has 0 saturated carbocycles. The molecule has 1 N–H and O–H groups in total. The summed E-state index contributed by atoms with van der Waals surface area (Å²) in [5, 5.41) is 2.88. The van der Waals surface area contributed by atoms with Gasteiger partial charge in [0.1, 0.15) is 5.82 Å². The molecule has 0 saturated heterocycles. The van der Waals surface area contributed by atoms with Crippen molar-refractivity contribution in [1.29, 1.82) is 0 Å². The summed E-state index contributed by atoms with van der Waals surface area (Å²) in [5.74, 6) is 2.48. The topological polar surface area (TPSA) is 78.5 Å². The van der Waals surface area contributed by atoms with Crippen LogP contribution < -0.4 is 14.8 Å². The lowest BCUT2D eigenvalue weighted by Crippen LogP contribution is -2.26. The van der Waals surface area contributed by atoms with E-state index in [0.717, 1.165) is 41.3 Å². The van der Waals surface area contributed by atoms with Crippen LogP contribution >= 0.6 is 0 Å². The number of nitrogens with one attached hydrogen (secondary N) is 1.